The van der Waals surface area contributed by atoms with Crippen LogP contribution in [0.15, 0.2) is 52.0 Å². The molecule has 0 fully saturated rings. The number of carbonyl (C=O) groups excluding carboxylic acids is 2. The van der Waals surface area contributed by atoms with Crippen molar-refractivity contribution >= 4 is 21.7 Å². The van der Waals surface area contributed by atoms with Crippen LogP contribution in [0.2, 0.25) is 0 Å². The Hall–Kier alpha value is -2.72. The lowest BCUT2D eigenvalue weighted by Gasteiger charge is -2.17. The average molecular weight is 411 g/mol. The van der Waals surface area contributed by atoms with Crippen LogP contribution in [-0.2, 0) is 19.4 Å². The van der Waals surface area contributed by atoms with E-state index in [0.717, 1.165) is 24.3 Å². The van der Waals surface area contributed by atoms with Gasteiger partial charge in [-0.3, -0.25) is 9.59 Å². The van der Waals surface area contributed by atoms with Crippen molar-refractivity contribution in [3.05, 3.63) is 54.2 Å². The Kier molecular flexibility index (Phi) is 7.30. The van der Waals surface area contributed by atoms with Crippen molar-refractivity contribution in [2.24, 2.45) is 0 Å². The summed E-state index contributed by atoms with van der Waals surface area (Å²) in [5.41, 5.74) is 0. The summed E-state index contributed by atoms with van der Waals surface area (Å²) < 4.78 is 44.2. The molecule has 2 aromatic rings. The Labute approximate surface area is 162 Å². The van der Waals surface area contributed by atoms with E-state index in [-0.39, 0.29) is 23.7 Å². The van der Waals surface area contributed by atoms with Crippen LogP contribution in [0.3, 0.4) is 0 Å². The van der Waals surface area contributed by atoms with Gasteiger partial charge in [-0.25, -0.2) is 12.8 Å². The first-order valence-electron chi connectivity index (χ1n) is 8.45. The molecule has 28 heavy (non-hydrogen) atoms. The molecule has 1 atom stereocenters. The molecular formula is C18H22FN3O5S. The number of carbonyl (C=O) groups is 2. The molecule has 1 aromatic carbocycles. The lowest BCUT2D eigenvalue weighted by molar-refractivity contribution is -0.139. The smallest absolute Gasteiger partial charge is 0.309 e. The highest BCUT2D eigenvalue weighted by molar-refractivity contribution is 7.91. The zero-order valence-corrected chi connectivity index (χ0v) is 16.3. The summed E-state index contributed by atoms with van der Waals surface area (Å²) in [7, 11) is -0.364. The molecule has 0 aliphatic rings. The van der Waals surface area contributed by atoms with E-state index in [2.05, 4.69) is 10.6 Å². The summed E-state index contributed by atoms with van der Waals surface area (Å²) in [5, 5.41) is 3.49. The van der Waals surface area contributed by atoms with Crippen LogP contribution in [0, 0.1) is 5.82 Å². The molecule has 0 unspecified atom stereocenters. The molecule has 0 spiro atoms. The maximum atomic E-state index is 13.1. The van der Waals surface area contributed by atoms with Crippen LogP contribution in [0.4, 0.5) is 4.39 Å². The third-order valence-corrected chi connectivity index (χ3v) is 5.95. The van der Waals surface area contributed by atoms with E-state index in [1.54, 1.807) is 0 Å². The van der Waals surface area contributed by atoms with Gasteiger partial charge in [-0.05, 0) is 50.5 Å². The number of hydrogen-bond donors (Lipinski definition) is 2. The van der Waals surface area contributed by atoms with Gasteiger partial charge in [0.1, 0.15) is 16.8 Å². The van der Waals surface area contributed by atoms with E-state index >= 15 is 0 Å². The average Bonchev–Trinajstić information content (AvgIpc) is 3.15. The molecular weight excluding hydrogens is 389 g/mol. The van der Waals surface area contributed by atoms with Crippen LogP contribution < -0.4 is 10.6 Å². The number of sulfone groups is 1. The van der Waals surface area contributed by atoms with Gasteiger partial charge in [0.05, 0.1) is 11.2 Å². The summed E-state index contributed by atoms with van der Waals surface area (Å²) in [6, 6.07) is 7.30. The Morgan fingerprint density at radius 1 is 1.11 bits per heavy atom. The molecule has 1 heterocycles. The lowest BCUT2D eigenvalue weighted by atomic mass is 10.3. The van der Waals surface area contributed by atoms with Crippen LogP contribution >= 0.6 is 0 Å². The first-order chi connectivity index (χ1) is 13.2. The minimum Gasteiger partial charge on any atom is -0.468 e. The van der Waals surface area contributed by atoms with Gasteiger partial charge in [0.2, 0.25) is 0 Å². The maximum Gasteiger partial charge on any atom is 0.309 e. The standard InChI is InChI=1S/C18H22FN3O5S/c1-22(2)10-9-20-17(23)18(24)21-12-16(15-4-3-11-27-15)28(25,26)14-7-5-13(19)6-8-14/h3-8,11,16H,9-10,12H2,1-2H3,(H,20,23)(H,21,24)/t16-/m0/s1. The first kappa shape index (κ1) is 21.6. The maximum absolute atomic E-state index is 13.1. The summed E-state index contributed by atoms with van der Waals surface area (Å²) in [6.07, 6.45) is 1.30. The summed E-state index contributed by atoms with van der Waals surface area (Å²) in [4.78, 5) is 25.5. The number of rotatable bonds is 8. The number of likely N-dealkylation sites (N-methyl/N-ethyl adjacent to an activating group) is 1. The highest BCUT2D eigenvalue weighted by atomic mass is 32.2. The molecule has 0 radical (unpaired) electrons. The van der Waals surface area contributed by atoms with Gasteiger partial charge in [0.25, 0.3) is 0 Å². The molecule has 2 N–H and O–H groups in total. The van der Waals surface area contributed by atoms with Crippen LogP contribution in [0.25, 0.3) is 0 Å². The topological polar surface area (TPSA) is 109 Å². The van der Waals surface area contributed by atoms with Gasteiger partial charge in [-0.15, -0.1) is 0 Å². The number of furan rings is 1. The van der Waals surface area contributed by atoms with Gasteiger partial charge in [0.15, 0.2) is 9.84 Å². The fourth-order valence-corrected chi connectivity index (χ4v) is 3.95. The molecule has 10 heteroatoms. The number of halogens is 1. The highest BCUT2D eigenvalue weighted by Crippen LogP contribution is 2.29. The van der Waals surface area contributed by atoms with Gasteiger partial charge in [-0.1, -0.05) is 0 Å². The minimum absolute atomic E-state index is 0.0950. The fourth-order valence-electron chi connectivity index (χ4n) is 2.37. The number of nitrogens with one attached hydrogen (secondary N) is 2. The molecule has 2 rings (SSSR count). The molecule has 0 saturated carbocycles. The zero-order valence-electron chi connectivity index (χ0n) is 15.5. The Balaban J connectivity index is 2.11. The van der Waals surface area contributed by atoms with E-state index in [0.29, 0.717) is 6.54 Å². The molecule has 0 aliphatic carbocycles. The van der Waals surface area contributed by atoms with Crippen molar-refractivity contribution in [3.63, 3.8) is 0 Å². The number of hydrogen-bond acceptors (Lipinski definition) is 6. The predicted octanol–water partition coefficient (Wildman–Crippen LogP) is 0.728. The van der Waals surface area contributed by atoms with Crippen LogP contribution in [0.1, 0.15) is 11.0 Å². The molecule has 0 saturated heterocycles. The second kappa shape index (κ2) is 9.47. The van der Waals surface area contributed by atoms with E-state index in [1.165, 1.54) is 18.4 Å². The van der Waals surface area contributed by atoms with Gasteiger partial charge < -0.3 is 20.0 Å². The Morgan fingerprint density at radius 3 is 2.32 bits per heavy atom. The predicted molar refractivity (Wildman–Crippen MR) is 99.6 cm³/mol. The van der Waals surface area contributed by atoms with Crippen molar-refractivity contribution in [2.45, 2.75) is 10.1 Å². The lowest BCUT2D eigenvalue weighted by Crippen LogP contribution is -2.43. The molecule has 1 aromatic heterocycles. The number of nitrogens with zero attached hydrogens (tertiary/aromatic N) is 1. The fraction of sp³-hybridized carbons (Fsp3) is 0.333. The van der Waals surface area contributed by atoms with Crippen molar-refractivity contribution in [1.82, 2.24) is 15.5 Å². The molecule has 2 amide bonds. The quantitative estimate of drug-likeness (QED) is 0.490. The number of benzene rings is 1. The third kappa shape index (κ3) is 5.64. The molecule has 0 bridgehead atoms. The summed E-state index contributed by atoms with van der Waals surface area (Å²) in [5.74, 6) is -2.29. The van der Waals surface area contributed by atoms with Crippen molar-refractivity contribution in [3.8, 4) is 0 Å². The SMILES string of the molecule is CN(C)CCNC(=O)C(=O)NC[C@@H](c1ccco1)S(=O)(=O)c1ccc(F)cc1. The first-order valence-corrected chi connectivity index (χ1v) is 10.00. The third-order valence-electron chi connectivity index (χ3n) is 3.88. The van der Waals surface area contributed by atoms with Gasteiger partial charge >= 0.3 is 11.8 Å². The van der Waals surface area contributed by atoms with E-state index in [9.17, 15) is 22.4 Å². The normalized spacial score (nSPS) is 12.6. The summed E-state index contributed by atoms with van der Waals surface area (Å²) in [6.45, 7) is 0.439. The van der Waals surface area contributed by atoms with E-state index in [1.807, 2.05) is 19.0 Å². The Morgan fingerprint density at radius 2 is 1.75 bits per heavy atom. The van der Waals surface area contributed by atoms with E-state index in [4.69, 9.17) is 4.42 Å². The second-order valence-corrected chi connectivity index (χ2v) is 8.40. The van der Waals surface area contributed by atoms with Crippen LogP contribution in [-0.4, -0.2) is 58.9 Å². The van der Waals surface area contributed by atoms with Crippen molar-refractivity contribution in [2.75, 3.05) is 33.7 Å². The molecule has 152 valence electrons. The van der Waals surface area contributed by atoms with Crippen molar-refractivity contribution < 1.29 is 26.8 Å². The monoisotopic (exact) mass is 411 g/mol. The minimum atomic E-state index is -4.00. The molecule has 8 nitrogen and oxygen atoms in total. The van der Waals surface area contributed by atoms with Gasteiger partial charge in [0, 0.05) is 19.6 Å². The largest absolute Gasteiger partial charge is 0.468 e. The van der Waals surface area contributed by atoms with Crippen molar-refractivity contribution in [1.29, 1.82) is 0 Å². The highest BCUT2D eigenvalue weighted by Gasteiger charge is 2.32. The van der Waals surface area contributed by atoms with Crippen LogP contribution in [0.5, 0.6) is 0 Å². The number of amides is 2. The Bertz CT molecular complexity index is 896. The zero-order chi connectivity index (χ0) is 20.7. The second-order valence-electron chi connectivity index (χ2n) is 6.27. The van der Waals surface area contributed by atoms with Gasteiger partial charge in [-0.2, -0.15) is 0 Å². The molecule has 0 aliphatic heterocycles. The van der Waals surface area contributed by atoms with E-state index < -0.39 is 32.7 Å². The summed E-state index contributed by atoms with van der Waals surface area (Å²) >= 11 is 0.